The molecular formula is C31H32N2O6. The maximum Gasteiger partial charge on any atom is 0.338 e. The number of hydrogen-bond acceptors (Lipinski definition) is 7. The molecule has 1 aliphatic rings. The Kier molecular flexibility index (Phi) is 9.34. The van der Waals surface area contributed by atoms with Crippen LogP contribution in [-0.2, 0) is 20.7 Å². The number of nitrogens with zero attached hydrogens (tertiary/aromatic N) is 2. The number of rotatable bonds is 11. The number of amidine groups is 1. The van der Waals surface area contributed by atoms with Crippen LogP contribution in [0.5, 0.6) is 11.5 Å². The van der Waals surface area contributed by atoms with Crippen LogP contribution in [0.4, 0.5) is 5.69 Å². The summed E-state index contributed by atoms with van der Waals surface area (Å²) in [5.41, 5.74) is 2.78. The van der Waals surface area contributed by atoms with Crippen molar-refractivity contribution < 1.29 is 28.5 Å². The van der Waals surface area contributed by atoms with Gasteiger partial charge >= 0.3 is 12.0 Å². The Hall–Kier alpha value is -4.59. The van der Waals surface area contributed by atoms with Crippen molar-refractivity contribution in [3.8, 4) is 11.5 Å². The molecule has 0 spiro atoms. The number of aliphatic imine (C=N–C) groups is 1. The van der Waals surface area contributed by atoms with Gasteiger partial charge in [0.15, 0.2) is 5.76 Å². The molecule has 39 heavy (non-hydrogen) atoms. The number of hydrogen-bond donors (Lipinski definition) is 0. The maximum absolute atomic E-state index is 13.4. The molecule has 0 unspecified atom stereocenters. The van der Waals surface area contributed by atoms with Crippen molar-refractivity contribution in [2.75, 3.05) is 26.9 Å². The van der Waals surface area contributed by atoms with Gasteiger partial charge in [0.05, 0.1) is 31.6 Å². The average Bonchev–Trinajstić information content (AvgIpc) is 3.23. The molecule has 1 aliphatic heterocycles. The number of carbonyl (C=O) groups excluding carboxylic acids is 2. The Morgan fingerprint density at radius 1 is 0.974 bits per heavy atom. The molecule has 202 valence electrons. The van der Waals surface area contributed by atoms with Crippen molar-refractivity contribution in [3.05, 3.63) is 95.2 Å². The third-order valence-electron chi connectivity index (χ3n) is 5.97. The van der Waals surface area contributed by atoms with E-state index in [0.29, 0.717) is 30.8 Å². The van der Waals surface area contributed by atoms with Crippen LogP contribution in [0.15, 0.2) is 83.5 Å². The molecule has 0 aromatic heterocycles. The Labute approximate surface area is 228 Å². The highest BCUT2D eigenvalue weighted by molar-refractivity contribution is 6.11. The lowest BCUT2D eigenvalue weighted by molar-refractivity contribution is -0.122. The second-order valence-electron chi connectivity index (χ2n) is 8.69. The van der Waals surface area contributed by atoms with E-state index in [-0.39, 0.29) is 24.3 Å². The molecule has 0 N–H and O–H groups in total. The molecule has 8 nitrogen and oxygen atoms in total. The number of carbonyl (C=O) groups is 2. The molecule has 0 aliphatic carbocycles. The molecule has 0 saturated carbocycles. The molecular weight excluding hydrogens is 496 g/mol. The molecule has 8 heteroatoms. The number of esters is 1. The lowest BCUT2D eigenvalue weighted by Gasteiger charge is -2.13. The predicted molar refractivity (Wildman–Crippen MR) is 149 cm³/mol. The van der Waals surface area contributed by atoms with Crippen molar-refractivity contribution in [1.82, 2.24) is 4.90 Å². The van der Waals surface area contributed by atoms with Crippen molar-refractivity contribution in [2.24, 2.45) is 4.99 Å². The van der Waals surface area contributed by atoms with Gasteiger partial charge in [0.1, 0.15) is 11.5 Å². The van der Waals surface area contributed by atoms with Crippen LogP contribution in [0.1, 0.15) is 41.8 Å². The summed E-state index contributed by atoms with van der Waals surface area (Å²) in [4.78, 5) is 31.7. The van der Waals surface area contributed by atoms with E-state index in [1.807, 2.05) is 55.5 Å². The third-order valence-corrected chi connectivity index (χ3v) is 5.97. The first-order valence-corrected chi connectivity index (χ1v) is 12.9. The first-order chi connectivity index (χ1) is 19.0. The Morgan fingerprint density at radius 3 is 2.41 bits per heavy atom. The van der Waals surface area contributed by atoms with Gasteiger partial charge in [-0.05, 0) is 86.4 Å². The third kappa shape index (κ3) is 7.25. The summed E-state index contributed by atoms with van der Waals surface area (Å²) in [6.45, 7) is 5.00. The average molecular weight is 529 g/mol. The van der Waals surface area contributed by atoms with Crippen LogP contribution in [0, 0.1) is 0 Å². The van der Waals surface area contributed by atoms with Gasteiger partial charge in [-0.15, -0.1) is 0 Å². The van der Waals surface area contributed by atoms with Crippen LogP contribution in [0.25, 0.3) is 6.08 Å². The van der Waals surface area contributed by atoms with Gasteiger partial charge < -0.3 is 18.9 Å². The molecule has 1 fully saturated rings. The minimum atomic E-state index is -0.435. The lowest BCUT2D eigenvalue weighted by atomic mass is 10.1. The molecule has 0 bridgehead atoms. The topological polar surface area (TPSA) is 86.7 Å². The van der Waals surface area contributed by atoms with E-state index in [1.54, 1.807) is 44.4 Å². The summed E-state index contributed by atoms with van der Waals surface area (Å²) in [6.07, 6.45) is 3.14. The fourth-order valence-corrected chi connectivity index (χ4v) is 4.03. The summed E-state index contributed by atoms with van der Waals surface area (Å²) >= 11 is 0. The minimum absolute atomic E-state index is 0.160. The van der Waals surface area contributed by atoms with E-state index in [2.05, 4.69) is 4.99 Å². The summed E-state index contributed by atoms with van der Waals surface area (Å²) in [6, 6.07) is 22.2. The largest absolute Gasteiger partial charge is 0.497 e. The lowest BCUT2D eigenvalue weighted by Crippen LogP contribution is -2.31. The Balaban J connectivity index is 1.56. The summed E-state index contributed by atoms with van der Waals surface area (Å²) in [5.74, 6) is 1.00. The van der Waals surface area contributed by atoms with E-state index in [0.717, 1.165) is 29.0 Å². The zero-order chi connectivity index (χ0) is 27.6. The maximum atomic E-state index is 13.4. The number of amides is 1. The van der Waals surface area contributed by atoms with E-state index < -0.39 is 5.97 Å². The van der Waals surface area contributed by atoms with Crippen molar-refractivity contribution >= 4 is 29.7 Å². The number of methoxy groups -OCH3 is 1. The quantitative estimate of drug-likeness (QED) is 0.231. The molecule has 0 atom stereocenters. The zero-order valence-corrected chi connectivity index (χ0v) is 22.4. The Bertz CT molecular complexity index is 1350. The second-order valence-corrected chi connectivity index (χ2v) is 8.69. The van der Waals surface area contributed by atoms with Gasteiger partial charge in [-0.25, -0.2) is 4.79 Å². The highest BCUT2D eigenvalue weighted by Gasteiger charge is 2.34. The van der Waals surface area contributed by atoms with Crippen molar-refractivity contribution in [3.63, 3.8) is 0 Å². The zero-order valence-electron chi connectivity index (χ0n) is 22.4. The smallest absolute Gasteiger partial charge is 0.338 e. The normalized spacial score (nSPS) is 14.9. The summed E-state index contributed by atoms with van der Waals surface area (Å²) < 4.78 is 21.8. The number of ether oxygens (including phenoxy) is 4. The second kappa shape index (κ2) is 13.3. The predicted octanol–water partition coefficient (Wildman–Crippen LogP) is 5.79. The molecule has 3 aromatic carbocycles. The van der Waals surface area contributed by atoms with Crippen LogP contribution < -0.4 is 9.47 Å². The Morgan fingerprint density at radius 2 is 1.72 bits per heavy atom. The van der Waals surface area contributed by atoms with Gasteiger partial charge in [-0.1, -0.05) is 30.3 Å². The van der Waals surface area contributed by atoms with Crippen LogP contribution >= 0.6 is 0 Å². The fourth-order valence-electron chi connectivity index (χ4n) is 4.03. The van der Waals surface area contributed by atoms with E-state index in [4.69, 9.17) is 18.9 Å². The van der Waals surface area contributed by atoms with Gasteiger partial charge in [0.2, 0.25) is 0 Å². The molecule has 1 heterocycles. The molecule has 0 radical (unpaired) electrons. The van der Waals surface area contributed by atoms with E-state index in [1.165, 1.54) is 4.90 Å². The van der Waals surface area contributed by atoms with Gasteiger partial charge in [-0.2, -0.15) is 4.99 Å². The first-order valence-electron chi connectivity index (χ1n) is 12.9. The van der Waals surface area contributed by atoms with Crippen LogP contribution in [-0.4, -0.2) is 49.7 Å². The van der Waals surface area contributed by atoms with Crippen molar-refractivity contribution in [2.45, 2.75) is 26.7 Å². The van der Waals surface area contributed by atoms with E-state index in [9.17, 15) is 9.59 Å². The summed E-state index contributed by atoms with van der Waals surface area (Å²) in [5, 5.41) is 0. The summed E-state index contributed by atoms with van der Waals surface area (Å²) in [7, 11) is 1.60. The highest BCUT2D eigenvalue weighted by atomic mass is 16.5. The monoisotopic (exact) mass is 528 g/mol. The minimum Gasteiger partial charge on any atom is -0.497 e. The number of aryl methyl sites for hydroxylation is 1. The van der Waals surface area contributed by atoms with Crippen molar-refractivity contribution in [1.29, 1.82) is 0 Å². The first kappa shape index (κ1) is 27.4. The SMILES string of the molecule is CCOC(=O)c1cccc(N=C2OC(=Cc3ccc(OC)cc3)C(=O)N2CCCc2ccc(OCC)cc2)c1. The highest BCUT2D eigenvalue weighted by Crippen LogP contribution is 2.25. The molecule has 3 aromatic rings. The van der Waals surface area contributed by atoms with Gasteiger partial charge in [0, 0.05) is 6.54 Å². The van der Waals surface area contributed by atoms with Gasteiger partial charge in [0.25, 0.3) is 5.91 Å². The standard InChI is InChI=1S/C31H32N2O6/c1-4-37-27-17-11-22(12-18-27)8-7-19-33-29(34)28(20-23-13-15-26(36-3)16-14-23)39-31(33)32-25-10-6-9-24(21-25)30(35)38-5-2/h6,9-18,20-21H,4-5,7-8,19H2,1-3H3. The van der Waals surface area contributed by atoms with E-state index >= 15 is 0 Å². The fraction of sp³-hybridized carbons (Fsp3) is 0.258. The van der Waals surface area contributed by atoms with Gasteiger partial charge in [-0.3, -0.25) is 9.69 Å². The molecule has 1 amide bonds. The van der Waals surface area contributed by atoms with Crippen LogP contribution in [0.2, 0.25) is 0 Å². The molecule has 4 rings (SSSR count). The number of benzene rings is 3. The van der Waals surface area contributed by atoms with Crippen LogP contribution in [0.3, 0.4) is 0 Å². The molecule has 1 saturated heterocycles.